The van der Waals surface area contributed by atoms with Crippen LogP contribution >= 0.6 is 23.4 Å². The van der Waals surface area contributed by atoms with Crippen LogP contribution in [-0.4, -0.2) is 43.1 Å². The number of thioether (sulfide) groups is 1. The van der Waals surface area contributed by atoms with Gasteiger partial charge >= 0.3 is 0 Å². The highest BCUT2D eigenvalue weighted by Crippen LogP contribution is 2.36. The van der Waals surface area contributed by atoms with Gasteiger partial charge in [-0.3, -0.25) is 19.2 Å². The molecule has 6 rings (SSSR count). The van der Waals surface area contributed by atoms with Crippen LogP contribution < -0.4 is 29.7 Å². The zero-order valence-electron chi connectivity index (χ0n) is 28.0. The summed E-state index contributed by atoms with van der Waals surface area (Å²) in [5.74, 6) is 0.219. The Labute approximate surface area is 309 Å². The maximum atomic E-state index is 13.7. The van der Waals surface area contributed by atoms with Crippen molar-refractivity contribution in [3.05, 3.63) is 143 Å². The van der Waals surface area contributed by atoms with E-state index in [2.05, 4.69) is 10.6 Å². The number of hydrogen-bond donors (Lipinski definition) is 2. The first-order valence-corrected chi connectivity index (χ1v) is 17.3. The lowest BCUT2D eigenvalue weighted by Crippen LogP contribution is -2.31. The van der Waals surface area contributed by atoms with E-state index < -0.39 is 17.1 Å². The van der Waals surface area contributed by atoms with Crippen LogP contribution in [0.2, 0.25) is 5.02 Å². The summed E-state index contributed by atoms with van der Waals surface area (Å²) in [7, 11) is 2.99. The fourth-order valence-corrected chi connectivity index (χ4v) is 6.64. The van der Waals surface area contributed by atoms with Crippen LogP contribution in [0.25, 0.3) is 6.08 Å². The van der Waals surface area contributed by atoms with Crippen molar-refractivity contribution >= 4 is 64.4 Å². The second-order valence-electron chi connectivity index (χ2n) is 11.4. The van der Waals surface area contributed by atoms with Crippen LogP contribution in [-0.2, 0) is 14.4 Å². The lowest BCUT2D eigenvalue weighted by Gasteiger charge is -2.16. The molecule has 1 atom stereocenters. The molecule has 0 aliphatic carbocycles. The fraction of sp³-hybridized carbons (Fsp3) is 0.100. The minimum atomic E-state index is -0.676. The fourth-order valence-electron chi connectivity index (χ4n) is 5.40. The van der Waals surface area contributed by atoms with Gasteiger partial charge in [0.15, 0.2) is 11.5 Å². The predicted octanol–water partition coefficient (Wildman–Crippen LogP) is 7.98. The number of imide groups is 1. The lowest BCUT2D eigenvalue weighted by molar-refractivity contribution is -0.121. The van der Waals surface area contributed by atoms with Crippen molar-refractivity contribution in [2.45, 2.75) is 16.6 Å². The molecule has 0 saturated carbocycles. The lowest BCUT2D eigenvalue weighted by atomic mass is 10.1. The van der Waals surface area contributed by atoms with Crippen molar-refractivity contribution in [1.82, 2.24) is 5.32 Å². The summed E-state index contributed by atoms with van der Waals surface area (Å²) in [4.78, 5) is 55.2. The smallest absolute Gasteiger partial charge is 0.272 e. The zero-order chi connectivity index (χ0) is 36.6. The summed E-state index contributed by atoms with van der Waals surface area (Å²) in [6.45, 7) is 0. The van der Waals surface area contributed by atoms with Crippen LogP contribution in [0.3, 0.4) is 0 Å². The van der Waals surface area contributed by atoms with Gasteiger partial charge in [-0.25, -0.2) is 4.90 Å². The third-order valence-electron chi connectivity index (χ3n) is 7.88. The Bertz CT molecular complexity index is 2140. The van der Waals surface area contributed by atoms with Gasteiger partial charge in [0, 0.05) is 33.2 Å². The number of hydrogen-bond acceptors (Lipinski definition) is 8. The molecule has 0 unspecified atom stereocenters. The number of nitrogens with zero attached hydrogens (tertiary/aromatic N) is 1. The van der Waals surface area contributed by atoms with Gasteiger partial charge in [-0.2, -0.15) is 0 Å². The molecule has 10 nitrogen and oxygen atoms in total. The molecule has 4 amide bonds. The van der Waals surface area contributed by atoms with Gasteiger partial charge in [-0.05, 0) is 91.0 Å². The Kier molecular flexibility index (Phi) is 11.2. The Morgan fingerprint density at radius 1 is 0.827 bits per heavy atom. The van der Waals surface area contributed by atoms with E-state index in [4.69, 9.17) is 25.8 Å². The van der Waals surface area contributed by atoms with Crippen molar-refractivity contribution in [2.75, 3.05) is 24.4 Å². The van der Waals surface area contributed by atoms with Gasteiger partial charge in [-0.1, -0.05) is 48.0 Å². The van der Waals surface area contributed by atoms with E-state index in [1.165, 1.54) is 37.0 Å². The van der Waals surface area contributed by atoms with E-state index in [1.807, 2.05) is 0 Å². The number of rotatable bonds is 12. The molecule has 0 radical (unpaired) electrons. The molecule has 262 valence electrons. The van der Waals surface area contributed by atoms with Crippen molar-refractivity contribution in [3.63, 3.8) is 0 Å². The van der Waals surface area contributed by atoms with E-state index in [9.17, 15) is 19.2 Å². The van der Waals surface area contributed by atoms with Gasteiger partial charge < -0.3 is 24.8 Å². The SMILES string of the molecule is COc1cccc(/C=C(\NC(=O)c2ccccc2)C(=O)Nc2cccc(S[C@@H]3CC(=O)N(c4ccc(Oc5ccc(Cl)cc5)cc4)C3=O)c2)c1OC. The molecule has 0 bridgehead atoms. The average Bonchev–Trinajstić information content (AvgIpc) is 3.44. The molecule has 12 heteroatoms. The molecule has 5 aromatic carbocycles. The summed E-state index contributed by atoms with van der Waals surface area (Å²) >= 11 is 7.17. The summed E-state index contributed by atoms with van der Waals surface area (Å²) in [5, 5.41) is 5.48. The number of carbonyl (C=O) groups is 4. The monoisotopic (exact) mass is 733 g/mol. The van der Waals surface area contributed by atoms with Crippen molar-refractivity contribution in [2.24, 2.45) is 0 Å². The van der Waals surface area contributed by atoms with Crippen LogP contribution in [0, 0.1) is 0 Å². The van der Waals surface area contributed by atoms with Gasteiger partial charge in [0.2, 0.25) is 11.8 Å². The summed E-state index contributed by atoms with van der Waals surface area (Å²) < 4.78 is 16.8. The van der Waals surface area contributed by atoms with Crippen molar-refractivity contribution < 1.29 is 33.4 Å². The van der Waals surface area contributed by atoms with Crippen LogP contribution in [0.15, 0.2) is 132 Å². The molecule has 1 aliphatic rings. The highest BCUT2D eigenvalue weighted by atomic mass is 35.5. The Hall–Kier alpha value is -6.04. The highest BCUT2D eigenvalue weighted by molar-refractivity contribution is 8.00. The van der Waals surface area contributed by atoms with E-state index >= 15 is 0 Å². The number of methoxy groups -OCH3 is 2. The van der Waals surface area contributed by atoms with E-state index in [-0.39, 0.29) is 23.9 Å². The second-order valence-corrected chi connectivity index (χ2v) is 13.1. The minimum absolute atomic E-state index is 0.00386. The number of amides is 4. The van der Waals surface area contributed by atoms with E-state index in [1.54, 1.807) is 121 Å². The number of para-hydroxylation sites is 1. The molecule has 2 N–H and O–H groups in total. The Morgan fingerprint density at radius 3 is 2.21 bits per heavy atom. The minimum Gasteiger partial charge on any atom is -0.493 e. The van der Waals surface area contributed by atoms with Gasteiger partial charge in [0.1, 0.15) is 17.2 Å². The quantitative estimate of drug-likeness (QED) is 0.0978. The number of anilines is 2. The van der Waals surface area contributed by atoms with E-state index in [0.29, 0.717) is 55.4 Å². The molecule has 0 spiro atoms. The largest absolute Gasteiger partial charge is 0.493 e. The molecule has 5 aromatic rings. The number of benzene rings is 5. The average molecular weight is 734 g/mol. The number of ether oxygens (including phenoxy) is 3. The third-order valence-corrected chi connectivity index (χ3v) is 9.31. The molecule has 1 saturated heterocycles. The van der Waals surface area contributed by atoms with Crippen molar-refractivity contribution in [1.29, 1.82) is 0 Å². The summed E-state index contributed by atoms with van der Waals surface area (Å²) in [5.41, 5.74) is 1.67. The Morgan fingerprint density at radius 2 is 1.52 bits per heavy atom. The van der Waals surface area contributed by atoms with E-state index in [0.717, 1.165) is 0 Å². The first-order chi connectivity index (χ1) is 25.2. The summed E-state index contributed by atoms with van der Waals surface area (Å²) in [6.07, 6.45) is 1.51. The molecular formula is C40H32ClN3O7S. The van der Waals surface area contributed by atoms with Crippen molar-refractivity contribution in [3.8, 4) is 23.0 Å². The molecule has 1 aliphatic heterocycles. The maximum absolute atomic E-state index is 13.7. The maximum Gasteiger partial charge on any atom is 0.272 e. The highest BCUT2D eigenvalue weighted by Gasteiger charge is 2.40. The van der Waals surface area contributed by atoms with Gasteiger partial charge in [0.05, 0.1) is 25.2 Å². The van der Waals surface area contributed by atoms with Crippen LogP contribution in [0.4, 0.5) is 11.4 Å². The molecule has 0 aromatic heterocycles. The van der Waals surface area contributed by atoms with Gasteiger partial charge in [0.25, 0.3) is 11.8 Å². The molecule has 1 heterocycles. The first kappa shape index (κ1) is 35.8. The number of halogens is 1. The Balaban J connectivity index is 1.16. The molecule has 52 heavy (non-hydrogen) atoms. The number of carbonyl (C=O) groups excluding carboxylic acids is 4. The molecule has 1 fully saturated rings. The normalized spacial score (nSPS) is 14.2. The molecular weight excluding hydrogens is 702 g/mol. The predicted molar refractivity (Wildman–Crippen MR) is 201 cm³/mol. The zero-order valence-corrected chi connectivity index (χ0v) is 29.6. The summed E-state index contributed by atoms with van der Waals surface area (Å²) in [6, 6.07) is 34.2. The topological polar surface area (TPSA) is 123 Å². The third kappa shape index (κ3) is 8.45. The standard InChI is InChI=1S/C40H32ClN3O7S/c1-49-34-13-6-10-26(37(34)50-2)22-33(43-38(46)25-8-4-3-5-9-25)39(47)42-28-11-7-12-32(23-28)52-35-24-36(45)44(40(35)48)29-16-20-31(21-17-29)51-30-18-14-27(41)15-19-30/h3-23,35H,24H2,1-2H3,(H,42,47)(H,43,46)/b33-22-/t35-/m1/s1. The van der Waals surface area contributed by atoms with Crippen LogP contribution in [0.5, 0.6) is 23.0 Å². The van der Waals surface area contributed by atoms with Crippen LogP contribution in [0.1, 0.15) is 22.3 Å². The second kappa shape index (κ2) is 16.3. The first-order valence-electron chi connectivity index (χ1n) is 16.0. The van der Waals surface area contributed by atoms with Gasteiger partial charge in [-0.15, -0.1) is 11.8 Å². The number of nitrogens with one attached hydrogen (secondary N) is 2.